The zero-order valence-electron chi connectivity index (χ0n) is 11.3. The minimum absolute atomic E-state index is 0.100. The first-order valence-corrected chi connectivity index (χ1v) is 6.90. The molecule has 2 heterocycles. The predicted octanol–water partition coefficient (Wildman–Crippen LogP) is 1.96. The molecule has 0 unspecified atom stereocenters. The molecule has 2 aliphatic rings. The maximum atomic E-state index is 11.8. The van der Waals surface area contributed by atoms with Crippen LogP contribution in [0.25, 0.3) is 0 Å². The van der Waals surface area contributed by atoms with E-state index in [9.17, 15) is 4.79 Å². The zero-order chi connectivity index (χ0) is 13.0. The molecule has 1 aromatic carbocycles. The molecular weight excluding hydrogens is 224 g/mol. The summed E-state index contributed by atoms with van der Waals surface area (Å²) < 4.78 is 0. The first kappa shape index (κ1) is 13.1. The Morgan fingerprint density at radius 3 is 2.50 bits per heavy atom. The normalized spacial score (nSPS) is 20.4. The summed E-state index contributed by atoms with van der Waals surface area (Å²) >= 11 is 0. The third kappa shape index (κ3) is 2.27. The largest absolute Gasteiger partial charge is 0.346 e. The van der Waals surface area contributed by atoms with Gasteiger partial charge in [-0.3, -0.25) is 4.79 Å². The summed E-state index contributed by atoms with van der Waals surface area (Å²) in [5, 5.41) is 6.56. The number of piperidine rings is 1. The number of benzene rings is 1. The lowest BCUT2D eigenvalue weighted by Gasteiger charge is -2.42. The van der Waals surface area contributed by atoms with Gasteiger partial charge in [-0.2, -0.15) is 0 Å². The SMILES string of the molecule is CC.O=C1Cc2ccccc2C2(CCNCC2)N1. The molecule has 1 spiro atoms. The Bertz CT molecular complexity index is 422. The van der Waals surface area contributed by atoms with Crippen molar-refractivity contribution in [3.8, 4) is 0 Å². The minimum Gasteiger partial charge on any atom is -0.346 e. The molecule has 3 heteroatoms. The van der Waals surface area contributed by atoms with Crippen LogP contribution >= 0.6 is 0 Å². The standard InChI is InChI=1S/C13H16N2O.C2H6/c16-12-9-10-3-1-2-4-11(10)13(15-12)5-7-14-8-6-13;1-2/h1-4,14H,5-9H2,(H,15,16);1-2H3. The molecule has 3 rings (SSSR count). The molecule has 0 atom stereocenters. The molecule has 1 fully saturated rings. The van der Waals surface area contributed by atoms with E-state index in [4.69, 9.17) is 0 Å². The van der Waals surface area contributed by atoms with Gasteiger partial charge < -0.3 is 10.6 Å². The van der Waals surface area contributed by atoms with Crippen LogP contribution < -0.4 is 10.6 Å². The van der Waals surface area contributed by atoms with Crippen LogP contribution in [0, 0.1) is 0 Å². The van der Waals surface area contributed by atoms with Crippen molar-refractivity contribution in [3.05, 3.63) is 35.4 Å². The van der Waals surface area contributed by atoms with Gasteiger partial charge >= 0.3 is 0 Å². The quantitative estimate of drug-likeness (QED) is 0.735. The van der Waals surface area contributed by atoms with Crippen molar-refractivity contribution in [2.45, 2.75) is 38.6 Å². The smallest absolute Gasteiger partial charge is 0.225 e. The van der Waals surface area contributed by atoms with Gasteiger partial charge in [0.1, 0.15) is 0 Å². The maximum Gasteiger partial charge on any atom is 0.225 e. The highest BCUT2D eigenvalue weighted by Gasteiger charge is 2.39. The molecule has 1 aromatic rings. The Morgan fingerprint density at radius 1 is 1.11 bits per heavy atom. The van der Waals surface area contributed by atoms with Gasteiger partial charge in [-0.1, -0.05) is 38.1 Å². The molecule has 98 valence electrons. The Kier molecular flexibility index (Phi) is 4.02. The molecule has 18 heavy (non-hydrogen) atoms. The summed E-state index contributed by atoms with van der Waals surface area (Å²) in [6, 6.07) is 8.34. The van der Waals surface area contributed by atoms with Gasteiger partial charge in [0, 0.05) is 0 Å². The highest BCUT2D eigenvalue weighted by Crippen LogP contribution is 2.35. The van der Waals surface area contributed by atoms with Gasteiger partial charge in [0.05, 0.1) is 12.0 Å². The third-order valence-corrected chi connectivity index (χ3v) is 3.72. The van der Waals surface area contributed by atoms with Crippen LogP contribution in [0.5, 0.6) is 0 Å². The van der Waals surface area contributed by atoms with E-state index >= 15 is 0 Å². The van der Waals surface area contributed by atoms with Crippen LogP contribution in [-0.4, -0.2) is 19.0 Å². The van der Waals surface area contributed by atoms with E-state index in [0.717, 1.165) is 25.9 Å². The van der Waals surface area contributed by atoms with Crippen LogP contribution in [-0.2, 0) is 16.8 Å². The average molecular weight is 246 g/mol. The molecule has 0 saturated carbocycles. The molecule has 0 aromatic heterocycles. The summed E-state index contributed by atoms with van der Waals surface area (Å²) in [5.41, 5.74) is 2.43. The first-order chi connectivity index (χ1) is 8.80. The summed E-state index contributed by atoms with van der Waals surface area (Å²) in [7, 11) is 0. The molecular formula is C15H22N2O. The van der Waals surface area contributed by atoms with Crippen molar-refractivity contribution in [2.24, 2.45) is 0 Å². The number of carbonyl (C=O) groups excluding carboxylic acids is 1. The molecule has 0 bridgehead atoms. The maximum absolute atomic E-state index is 11.8. The van der Waals surface area contributed by atoms with Gasteiger partial charge in [0.15, 0.2) is 0 Å². The van der Waals surface area contributed by atoms with Crippen LogP contribution in [0.2, 0.25) is 0 Å². The summed E-state index contributed by atoms with van der Waals surface area (Å²) in [6.45, 7) is 5.96. The minimum atomic E-state index is -0.100. The fourth-order valence-corrected chi connectivity index (χ4v) is 2.94. The Hall–Kier alpha value is -1.35. The van der Waals surface area contributed by atoms with Gasteiger partial charge in [-0.05, 0) is 37.1 Å². The molecule has 0 radical (unpaired) electrons. The predicted molar refractivity (Wildman–Crippen MR) is 73.4 cm³/mol. The highest BCUT2D eigenvalue weighted by atomic mass is 16.1. The fraction of sp³-hybridized carbons (Fsp3) is 0.533. The van der Waals surface area contributed by atoms with Gasteiger partial charge in [-0.15, -0.1) is 0 Å². The molecule has 1 amide bonds. The number of fused-ring (bicyclic) bond motifs is 2. The van der Waals surface area contributed by atoms with E-state index in [2.05, 4.69) is 28.8 Å². The van der Waals surface area contributed by atoms with E-state index in [1.165, 1.54) is 11.1 Å². The summed E-state index contributed by atoms with van der Waals surface area (Å²) in [6.07, 6.45) is 2.52. The Balaban J connectivity index is 0.000000574. The number of rotatable bonds is 0. The number of nitrogens with one attached hydrogen (secondary N) is 2. The van der Waals surface area contributed by atoms with E-state index in [1.807, 2.05) is 19.9 Å². The Morgan fingerprint density at radius 2 is 1.78 bits per heavy atom. The fourth-order valence-electron chi connectivity index (χ4n) is 2.94. The number of carbonyl (C=O) groups is 1. The lowest BCUT2D eigenvalue weighted by Crippen LogP contribution is -2.55. The second-order valence-electron chi connectivity index (χ2n) is 4.71. The van der Waals surface area contributed by atoms with Crippen molar-refractivity contribution in [2.75, 3.05) is 13.1 Å². The lowest BCUT2D eigenvalue weighted by molar-refractivity contribution is -0.123. The van der Waals surface area contributed by atoms with E-state index in [1.54, 1.807) is 0 Å². The first-order valence-electron chi connectivity index (χ1n) is 6.90. The average Bonchev–Trinajstić information content (AvgIpc) is 2.42. The molecule has 2 N–H and O–H groups in total. The van der Waals surface area contributed by atoms with E-state index < -0.39 is 0 Å². The topological polar surface area (TPSA) is 41.1 Å². The van der Waals surface area contributed by atoms with Crippen molar-refractivity contribution in [1.29, 1.82) is 0 Å². The number of amides is 1. The van der Waals surface area contributed by atoms with Gasteiger partial charge in [-0.25, -0.2) is 0 Å². The highest BCUT2D eigenvalue weighted by molar-refractivity contribution is 5.82. The molecule has 1 saturated heterocycles. The lowest BCUT2D eigenvalue weighted by atomic mass is 9.76. The van der Waals surface area contributed by atoms with Crippen LogP contribution in [0.15, 0.2) is 24.3 Å². The number of hydrogen-bond acceptors (Lipinski definition) is 2. The second-order valence-corrected chi connectivity index (χ2v) is 4.71. The van der Waals surface area contributed by atoms with Crippen LogP contribution in [0.1, 0.15) is 37.8 Å². The van der Waals surface area contributed by atoms with E-state index in [0.29, 0.717) is 6.42 Å². The second kappa shape index (κ2) is 5.53. The van der Waals surface area contributed by atoms with Crippen molar-refractivity contribution in [1.82, 2.24) is 10.6 Å². The van der Waals surface area contributed by atoms with Crippen molar-refractivity contribution in [3.63, 3.8) is 0 Å². The molecule has 3 nitrogen and oxygen atoms in total. The van der Waals surface area contributed by atoms with E-state index in [-0.39, 0.29) is 11.4 Å². The van der Waals surface area contributed by atoms with Crippen LogP contribution in [0.3, 0.4) is 0 Å². The number of hydrogen-bond donors (Lipinski definition) is 2. The summed E-state index contributed by atoms with van der Waals surface area (Å²) in [5.74, 6) is 0.167. The molecule has 2 aliphatic heterocycles. The van der Waals surface area contributed by atoms with Crippen LogP contribution in [0.4, 0.5) is 0 Å². The van der Waals surface area contributed by atoms with Gasteiger partial charge in [0.25, 0.3) is 0 Å². The van der Waals surface area contributed by atoms with Gasteiger partial charge in [0.2, 0.25) is 5.91 Å². The van der Waals surface area contributed by atoms with Crippen molar-refractivity contribution >= 4 is 5.91 Å². The summed E-state index contributed by atoms with van der Waals surface area (Å²) in [4.78, 5) is 11.8. The third-order valence-electron chi connectivity index (χ3n) is 3.72. The zero-order valence-corrected chi connectivity index (χ0v) is 11.3. The molecule has 0 aliphatic carbocycles. The van der Waals surface area contributed by atoms with Crippen molar-refractivity contribution < 1.29 is 4.79 Å². The monoisotopic (exact) mass is 246 g/mol. The Labute approximate surface area is 109 Å².